The molecule has 1 heterocycles. The average molecular weight is 325 g/mol. The molecule has 23 heavy (non-hydrogen) atoms. The first kappa shape index (κ1) is 15.3. The van der Waals surface area contributed by atoms with E-state index in [4.69, 9.17) is 11.6 Å². The zero-order valence-electron chi connectivity index (χ0n) is 12.8. The largest absolute Gasteiger partial charge is 0.350 e. The summed E-state index contributed by atoms with van der Waals surface area (Å²) in [5.74, 6) is 1.40. The van der Waals surface area contributed by atoms with Gasteiger partial charge in [0.05, 0.1) is 0 Å². The van der Waals surface area contributed by atoms with Crippen molar-refractivity contribution in [3.8, 4) is 0 Å². The fourth-order valence-electron chi connectivity index (χ4n) is 2.22. The van der Waals surface area contributed by atoms with Crippen molar-refractivity contribution >= 4 is 29.1 Å². The van der Waals surface area contributed by atoms with E-state index >= 15 is 0 Å². The Morgan fingerprint density at radius 2 is 1.74 bits per heavy atom. The van der Waals surface area contributed by atoms with Gasteiger partial charge in [0.25, 0.3) is 0 Å². The molecule has 1 aromatic heterocycles. The van der Waals surface area contributed by atoms with Gasteiger partial charge in [-0.25, -0.2) is 4.98 Å². The highest BCUT2D eigenvalue weighted by Crippen LogP contribution is 2.22. The predicted octanol–water partition coefficient (Wildman–Crippen LogP) is 4.51. The molecule has 0 bridgehead atoms. The van der Waals surface area contributed by atoms with Crippen molar-refractivity contribution in [2.75, 3.05) is 17.3 Å². The van der Waals surface area contributed by atoms with Gasteiger partial charge in [-0.3, -0.25) is 0 Å². The van der Waals surface area contributed by atoms with Crippen molar-refractivity contribution in [3.05, 3.63) is 77.4 Å². The molecule has 0 fully saturated rings. The van der Waals surface area contributed by atoms with Crippen LogP contribution in [0.25, 0.3) is 0 Å². The van der Waals surface area contributed by atoms with Crippen LogP contribution in [0.3, 0.4) is 0 Å². The van der Waals surface area contributed by atoms with Crippen LogP contribution >= 0.6 is 11.6 Å². The molecular weight excluding hydrogens is 308 g/mol. The SMILES string of the molecule is CN(c1ccccc1)c1ccnc(NCc2ccccc2Cl)n1. The molecule has 3 aromatic rings. The molecule has 0 radical (unpaired) electrons. The van der Waals surface area contributed by atoms with Crippen molar-refractivity contribution in [2.45, 2.75) is 6.54 Å². The molecule has 1 N–H and O–H groups in total. The number of benzene rings is 2. The van der Waals surface area contributed by atoms with Gasteiger partial charge in [0.15, 0.2) is 0 Å². The van der Waals surface area contributed by atoms with Gasteiger partial charge in [-0.1, -0.05) is 48.0 Å². The minimum Gasteiger partial charge on any atom is -0.350 e. The third-order valence-corrected chi connectivity index (χ3v) is 3.89. The van der Waals surface area contributed by atoms with Crippen molar-refractivity contribution in [2.24, 2.45) is 0 Å². The highest BCUT2D eigenvalue weighted by Gasteiger charge is 2.07. The Hall–Kier alpha value is -2.59. The van der Waals surface area contributed by atoms with E-state index in [0.717, 1.165) is 22.1 Å². The Kier molecular flexibility index (Phi) is 4.74. The van der Waals surface area contributed by atoms with Crippen molar-refractivity contribution in [3.63, 3.8) is 0 Å². The van der Waals surface area contributed by atoms with Gasteiger partial charge in [-0.2, -0.15) is 4.98 Å². The summed E-state index contributed by atoms with van der Waals surface area (Å²) >= 11 is 6.16. The van der Waals surface area contributed by atoms with E-state index in [2.05, 4.69) is 15.3 Å². The molecule has 0 aliphatic carbocycles. The van der Waals surface area contributed by atoms with Gasteiger partial charge in [0, 0.05) is 30.5 Å². The van der Waals surface area contributed by atoms with Crippen molar-refractivity contribution in [1.29, 1.82) is 0 Å². The lowest BCUT2D eigenvalue weighted by atomic mass is 10.2. The van der Waals surface area contributed by atoms with Gasteiger partial charge in [0.1, 0.15) is 5.82 Å². The van der Waals surface area contributed by atoms with Crippen LogP contribution in [0.2, 0.25) is 5.02 Å². The van der Waals surface area contributed by atoms with Crippen molar-refractivity contribution in [1.82, 2.24) is 9.97 Å². The summed E-state index contributed by atoms with van der Waals surface area (Å²) in [4.78, 5) is 10.8. The number of anilines is 3. The van der Waals surface area contributed by atoms with Crippen LogP contribution in [-0.4, -0.2) is 17.0 Å². The zero-order valence-corrected chi connectivity index (χ0v) is 13.5. The second kappa shape index (κ2) is 7.11. The Balaban J connectivity index is 1.74. The molecule has 0 aliphatic heterocycles. The Bertz CT molecular complexity index is 777. The Morgan fingerprint density at radius 1 is 1.00 bits per heavy atom. The van der Waals surface area contributed by atoms with E-state index in [0.29, 0.717) is 12.5 Å². The number of hydrogen-bond acceptors (Lipinski definition) is 4. The second-order valence-corrected chi connectivity index (χ2v) is 5.49. The highest BCUT2D eigenvalue weighted by atomic mass is 35.5. The molecule has 4 nitrogen and oxygen atoms in total. The predicted molar refractivity (Wildman–Crippen MR) is 95.3 cm³/mol. The van der Waals surface area contributed by atoms with E-state index in [1.165, 1.54) is 0 Å². The quantitative estimate of drug-likeness (QED) is 0.749. The van der Waals surface area contributed by atoms with E-state index in [-0.39, 0.29) is 0 Å². The van der Waals surface area contributed by atoms with Crippen LogP contribution in [0.5, 0.6) is 0 Å². The molecule has 0 spiro atoms. The molecule has 0 amide bonds. The molecule has 116 valence electrons. The Morgan fingerprint density at radius 3 is 2.52 bits per heavy atom. The van der Waals surface area contributed by atoms with E-state index < -0.39 is 0 Å². The van der Waals surface area contributed by atoms with Crippen LogP contribution < -0.4 is 10.2 Å². The molecule has 5 heteroatoms. The van der Waals surface area contributed by atoms with Gasteiger partial charge in [-0.15, -0.1) is 0 Å². The highest BCUT2D eigenvalue weighted by molar-refractivity contribution is 6.31. The van der Waals surface area contributed by atoms with Crippen molar-refractivity contribution < 1.29 is 0 Å². The summed E-state index contributed by atoms with van der Waals surface area (Å²) in [6, 6.07) is 19.7. The first-order chi connectivity index (χ1) is 11.2. The van der Waals surface area contributed by atoms with Gasteiger partial charge in [-0.05, 0) is 29.8 Å². The van der Waals surface area contributed by atoms with E-state index in [1.807, 2.05) is 72.6 Å². The third-order valence-electron chi connectivity index (χ3n) is 3.52. The van der Waals surface area contributed by atoms with Gasteiger partial charge >= 0.3 is 0 Å². The number of halogens is 1. The maximum Gasteiger partial charge on any atom is 0.224 e. The molecule has 0 saturated carbocycles. The maximum absolute atomic E-state index is 6.16. The summed E-state index contributed by atoms with van der Waals surface area (Å²) in [5.41, 5.74) is 2.09. The van der Waals surface area contributed by atoms with Gasteiger partial charge in [0.2, 0.25) is 5.95 Å². The molecule has 2 aromatic carbocycles. The first-order valence-corrected chi connectivity index (χ1v) is 7.71. The fraction of sp³-hybridized carbons (Fsp3) is 0.111. The maximum atomic E-state index is 6.16. The summed E-state index contributed by atoms with van der Waals surface area (Å²) in [6.45, 7) is 0.582. The summed E-state index contributed by atoms with van der Waals surface area (Å²) < 4.78 is 0. The lowest BCUT2D eigenvalue weighted by molar-refractivity contribution is 1.03. The Labute approximate surface area is 140 Å². The summed E-state index contributed by atoms with van der Waals surface area (Å²) in [6.07, 6.45) is 1.75. The number of rotatable bonds is 5. The van der Waals surface area contributed by atoms with Crippen LogP contribution in [0, 0.1) is 0 Å². The van der Waals surface area contributed by atoms with Crippen LogP contribution in [0.15, 0.2) is 66.9 Å². The van der Waals surface area contributed by atoms with Crippen LogP contribution in [0.4, 0.5) is 17.5 Å². The first-order valence-electron chi connectivity index (χ1n) is 7.33. The smallest absolute Gasteiger partial charge is 0.224 e. The van der Waals surface area contributed by atoms with Crippen LogP contribution in [0.1, 0.15) is 5.56 Å². The van der Waals surface area contributed by atoms with E-state index in [1.54, 1.807) is 6.20 Å². The molecule has 3 rings (SSSR count). The monoisotopic (exact) mass is 324 g/mol. The molecule has 0 saturated heterocycles. The topological polar surface area (TPSA) is 41.1 Å². The standard InChI is InChI=1S/C18H17ClN4/c1-23(15-8-3-2-4-9-15)17-11-12-20-18(22-17)21-13-14-7-5-6-10-16(14)19/h2-12H,13H2,1H3,(H,20,21,22). The molecule has 0 aliphatic rings. The number of hydrogen-bond donors (Lipinski definition) is 1. The number of nitrogens with one attached hydrogen (secondary N) is 1. The zero-order chi connectivity index (χ0) is 16.1. The summed E-state index contributed by atoms with van der Waals surface area (Å²) in [5, 5.41) is 3.95. The number of nitrogens with zero attached hydrogens (tertiary/aromatic N) is 3. The van der Waals surface area contributed by atoms with Crippen LogP contribution in [-0.2, 0) is 6.54 Å². The fourth-order valence-corrected chi connectivity index (χ4v) is 2.42. The number of aromatic nitrogens is 2. The second-order valence-electron chi connectivity index (χ2n) is 5.08. The van der Waals surface area contributed by atoms with E-state index in [9.17, 15) is 0 Å². The van der Waals surface area contributed by atoms with Gasteiger partial charge < -0.3 is 10.2 Å². The molecular formula is C18H17ClN4. The normalized spacial score (nSPS) is 10.3. The molecule has 0 atom stereocenters. The molecule has 0 unspecified atom stereocenters. The summed E-state index contributed by atoms with van der Waals surface area (Å²) in [7, 11) is 1.98. The number of para-hydroxylation sites is 1. The average Bonchev–Trinajstić information content (AvgIpc) is 2.61. The lowest BCUT2D eigenvalue weighted by Crippen LogP contribution is -2.13. The minimum atomic E-state index is 0.574. The third kappa shape index (κ3) is 3.79. The lowest BCUT2D eigenvalue weighted by Gasteiger charge is -2.18. The minimum absolute atomic E-state index is 0.574.